The highest BCUT2D eigenvalue weighted by Crippen LogP contribution is 2.24. The maximum absolute atomic E-state index is 14.6. The highest BCUT2D eigenvalue weighted by Gasteiger charge is 2.42. The number of hydrogen-bond donors (Lipinski definition) is 0. The maximum Gasteiger partial charge on any atom is 0.497 e. The van der Waals surface area contributed by atoms with Gasteiger partial charge in [0, 0.05) is 5.46 Å². The van der Waals surface area contributed by atoms with E-state index in [1.165, 1.54) is 24.3 Å². The molecular weight excluding hydrogens is 327 g/mol. The lowest BCUT2D eigenvalue weighted by Gasteiger charge is -2.16. The highest BCUT2D eigenvalue weighted by molar-refractivity contribution is 6.62. The van der Waals surface area contributed by atoms with Crippen LogP contribution >= 0.6 is 0 Å². The summed E-state index contributed by atoms with van der Waals surface area (Å²) in [6.07, 6.45) is 0.684. The van der Waals surface area contributed by atoms with E-state index in [0.29, 0.717) is 11.1 Å². The van der Waals surface area contributed by atoms with E-state index in [0.717, 1.165) is 0 Å². The fourth-order valence-corrected chi connectivity index (χ4v) is 2.93. The first kappa shape index (κ1) is 17.5. The Kier molecular flexibility index (Phi) is 5.09. The monoisotopic (exact) mass is 343 g/mol. The molecule has 0 aliphatic carbocycles. The van der Waals surface area contributed by atoms with Crippen LogP contribution in [0.2, 0.25) is 0 Å². The van der Waals surface area contributed by atoms with Crippen molar-refractivity contribution in [2.45, 2.75) is 32.1 Å². The standard InChI is InChI=1S/C18H16BF2NO3/c1-11(22-10-23)18-12(2)24-19(25-18)16-7-6-14(9-17(16)21)13-4-3-5-15(20)8-13/h3-9,11-12,18H,1-2H3/t11?,12-,18-/m0/s1. The average Bonchev–Trinajstić information content (AvgIpc) is 2.96. The Morgan fingerprint density at radius 1 is 1.16 bits per heavy atom. The molecule has 1 fully saturated rings. The molecule has 2 aromatic rings. The average molecular weight is 343 g/mol. The van der Waals surface area contributed by atoms with Crippen molar-refractivity contribution in [1.82, 2.24) is 0 Å². The summed E-state index contributed by atoms with van der Waals surface area (Å²) in [7, 11) is -0.883. The van der Waals surface area contributed by atoms with Gasteiger partial charge in [-0.1, -0.05) is 24.3 Å². The number of isocyanates is 1. The van der Waals surface area contributed by atoms with Gasteiger partial charge in [0.1, 0.15) is 11.6 Å². The third kappa shape index (κ3) is 3.69. The van der Waals surface area contributed by atoms with Crippen molar-refractivity contribution in [3.63, 3.8) is 0 Å². The molecule has 3 atom stereocenters. The van der Waals surface area contributed by atoms with Gasteiger partial charge in [-0.3, -0.25) is 0 Å². The molecular formula is C18H16BF2NO3. The summed E-state index contributed by atoms with van der Waals surface area (Å²) in [5, 5.41) is 0. The molecule has 1 unspecified atom stereocenters. The molecule has 128 valence electrons. The summed E-state index contributed by atoms with van der Waals surface area (Å²) in [5.41, 5.74) is 1.39. The lowest BCUT2D eigenvalue weighted by molar-refractivity contribution is 0.150. The Morgan fingerprint density at radius 3 is 2.60 bits per heavy atom. The van der Waals surface area contributed by atoms with Crippen molar-refractivity contribution in [2.24, 2.45) is 4.99 Å². The van der Waals surface area contributed by atoms with Gasteiger partial charge in [-0.25, -0.2) is 18.6 Å². The Hall–Kier alpha value is -2.34. The Labute approximate surface area is 144 Å². The van der Waals surface area contributed by atoms with E-state index in [9.17, 15) is 13.6 Å². The minimum Gasteiger partial charge on any atom is -0.402 e. The summed E-state index contributed by atoms with van der Waals surface area (Å²) in [5.74, 6) is -0.892. The van der Waals surface area contributed by atoms with Crippen molar-refractivity contribution < 1.29 is 22.9 Å². The van der Waals surface area contributed by atoms with Gasteiger partial charge >= 0.3 is 7.12 Å². The van der Waals surface area contributed by atoms with E-state index in [-0.39, 0.29) is 17.4 Å². The van der Waals surface area contributed by atoms with E-state index in [4.69, 9.17) is 9.31 Å². The van der Waals surface area contributed by atoms with Gasteiger partial charge in [-0.05, 0) is 43.2 Å². The van der Waals surface area contributed by atoms with Gasteiger partial charge in [0.05, 0.1) is 18.2 Å². The summed E-state index contributed by atoms with van der Waals surface area (Å²) in [6, 6.07) is 10.1. The molecule has 1 saturated heterocycles. The summed E-state index contributed by atoms with van der Waals surface area (Å²) >= 11 is 0. The van der Waals surface area contributed by atoms with Crippen LogP contribution in [-0.4, -0.2) is 31.4 Å². The SMILES string of the molecule is CC(N=C=O)[C@@H]1OB(c2ccc(-c3cccc(F)c3)cc2F)O[C@H]1C. The maximum atomic E-state index is 14.6. The molecule has 0 spiro atoms. The molecule has 0 N–H and O–H groups in total. The molecule has 2 aromatic carbocycles. The molecule has 0 bridgehead atoms. The van der Waals surface area contributed by atoms with Gasteiger partial charge < -0.3 is 9.31 Å². The molecule has 25 heavy (non-hydrogen) atoms. The predicted octanol–water partition coefficient (Wildman–Crippen LogP) is 2.86. The van der Waals surface area contributed by atoms with Crippen LogP contribution in [0.3, 0.4) is 0 Å². The second-order valence-corrected chi connectivity index (χ2v) is 5.98. The molecule has 0 saturated carbocycles. The first-order valence-corrected chi connectivity index (χ1v) is 7.93. The van der Waals surface area contributed by atoms with E-state index in [2.05, 4.69) is 4.99 Å². The second-order valence-electron chi connectivity index (χ2n) is 5.98. The fraction of sp³-hybridized carbons (Fsp3) is 0.278. The number of hydrogen-bond acceptors (Lipinski definition) is 4. The quantitative estimate of drug-likeness (QED) is 0.487. The minimum absolute atomic E-state index is 0.247. The third-order valence-corrected chi connectivity index (χ3v) is 4.23. The number of rotatable bonds is 4. The van der Waals surface area contributed by atoms with Crippen LogP contribution in [0.4, 0.5) is 8.78 Å². The van der Waals surface area contributed by atoms with Gasteiger partial charge in [0.15, 0.2) is 0 Å². The molecule has 0 aromatic heterocycles. The normalized spacial score (nSPS) is 21.0. The van der Waals surface area contributed by atoms with Crippen molar-refractivity contribution in [3.8, 4) is 11.1 Å². The number of nitrogens with zero attached hydrogens (tertiary/aromatic N) is 1. The Morgan fingerprint density at radius 2 is 1.92 bits per heavy atom. The smallest absolute Gasteiger partial charge is 0.402 e. The van der Waals surface area contributed by atoms with Gasteiger partial charge in [0.25, 0.3) is 0 Å². The topological polar surface area (TPSA) is 47.9 Å². The van der Waals surface area contributed by atoms with E-state index >= 15 is 0 Å². The van der Waals surface area contributed by atoms with E-state index < -0.39 is 25.1 Å². The lowest BCUT2D eigenvalue weighted by atomic mass is 9.78. The molecule has 0 radical (unpaired) electrons. The zero-order valence-corrected chi connectivity index (χ0v) is 13.8. The van der Waals surface area contributed by atoms with Crippen molar-refractivity contribution in [1.29, 1.82) is 0 Å². The third-order valence-electron chi connectivity index (χ3n) is 4.23. The van der Waals surface area contributed by atoms with Crippen LogP contribution in [-0.2, 0) is 14.1 Å². The van der Waals surface area contributed by atoms with Crippen molar-refractivity contribution >= 4 is 18.7 Å². The van der Waals surface area contributed by atoms with Crippen LogP contribution in [0, 0.1) is 11.6 Å². The van der Waals surface area contributed by atoms with Gasteiger partial charge in [-0.2, -0.15) is 0 Å². The van der Waals surface area contributed by atoms with Crippen LogP contribution in [0.1, 0.15) is 13.8 Å². The molecule has 0 amide bonds. The van der Waals surface area contributed by atoms with E-state index in [1.54, 1.807) is 38.1 Å². The number of halogens is 2. The Balaban J connectivity index is 1.83. The molecule has 1 heterocycles. The molecule has 1 aliphatic rings. The zero-order chi connectivity index (χ0) is 18.0. The highest BCUT2D eigenvalue weighted by atomic mass is 19.1. The number of aliphatic imine (C=N–C) groups is 1. The summed E-state index contributed by atoms with van der Waals surface area (Å²) in [4.78, 5) is 14.0. The summed E-state index contributed by atoms with van der Waals surface area (Å²) < 4.78 is 39.3. The molecule has 7 heteroatoms. The molecule has 1 aliphatic heterocycles. The van der Waals surface area contributed by atoms with Crippen molar-refractivity contribution in [2.75, 3.05) is 0 Å². The lowest BCUT2D eigenvalue weighted by Crippen LogP contribution is -2.36. The van der Waals surface area contributed by atoms with Gasteiger partial charge in [-0.15, -0.1) is 0 Å². The van der Waals surface area contributed by atoms with Crippen LogP contribution in [0.5, 0.6) is 0 Å². The van der Waals surface area contributed by atoms with Crippen molar-refractivity contribution in [3.05, 3.63) is 54.1 Å². The first-order valence-electron chi connectivity index (χ1n) is 7.93. The van der Waals surface area contributed by atoms with Crippen LogP contribution in [0.25, 0.3) is 11.1 Å². The number of carbonyl (C=O) groups excluding carboxylic acids is 1. The van der Waals surface area contributed by atoms with Gasteiger partial charge in [0.2, 0.25) is 6.08 Å². The van der Waals surface area contributed by atoms with Crippen LogP contribution < -0.4 is 5.46 Å². The van der Waals surface area contributed by atoms with E-state index in [1.807, 2.05) is 0 Å². The predicted molar refractivity (Wildman–Crippen MR) is 90.2 cm³/mol. The fourth-order valence-electron chi connectivity index (χ4n) is 2.93. The second kappa shape index (κ2) is 7.27. The largest absolute Gasteiger partial charge is 0.497 e. The zero-order valence-electron chi connectivity index (χ0n) is 13.8. The first-order chi connectivity index (χ1) is 12.0. The molecule has 3 rings (SSSR count). The Bertz CT molecular complexity index is 826. The van der Waals surface area contributed by atoms with Crippen LogP contribution in [0.15, 0.2) is 47.5 Å². The summed E-state index contributed by atoms with van der Waals surface area (Å²) in [6.45, 7) is 3.49. The minimum atomic E-state index is -0.883. The molecule has 4 nitrogen and oxygen atoms in total. The number of benzene rings is 2.